The number of primary amides is 1. The number of hydrogen-bond acceptors (Lipinski definition) is 4. The number of carbonyl (C=O) groups excluding carboxylic acids is 1. The molecule has 0 atom stereocenters. The highest BCUT2D eigenvalue weighted by Crippen LogP contribution is 2.30. The Hall–Kier alpha value is -2.18. The van der Waals surface area contributed by atoms with Gasteiger partial charge in [-0.3, -0.25) is 9.69 Å². The van der Waals surface area contributed by atoms with Crippen LogP contribution in [0.3, 0.4) is 0 Å². The smallest absolute Gasteiger partial charge is 0.284 e. The number of nitrogens with two attached hydrogens (primary N) is 1. The van der Waals surface area contributed by atoms with Crippen LogP contribution in [-0.4, -0.2) is 29.1 Å². The lowest BCUT2D eigenvalue weighted by atomic mass is 9.90. The topological polar surface area (TPSA) is 79.7 Å². The van der Waals surface area contributed by atoms with Gasteiger partial charge in [0.05, 0.1) is 6.61 Å². The summed E-state index contributed by atoms with van der Waals surface area (Å²) in [4.78, 5) is 13.4. The maximum atomic E-state index is 13.9. The van der Waals surface area contributed by atoms with Crippen molar-refractivity contribution in [3.8, 4) is 0 Å². The van der Waals surface area contributed by atoms with Gasteiger partial charge in [0, 0.05) is 36.2 Å². The molecule has 0 fully saturated rings. The van der Waals surface area contributed by atoms with Crippen LogP contribution in [-0.2, 0) is 18.5 Å². The number of amides is 1. The number of benzene rings is 1. The van der Waals surface area contributed by atoms with E-state index in [1.165, 1.54) is 6.07 Å². The summed E-state index contributed by atoms with van der Waals surface area (Å²) >= 11 is 0. The third-order valence-corrected chi connectivity index (χ3v) is 3.90. The first-order valence-corrected chi connectivity index (χ1v) is 8.22. The van der Waals surface area contributed by atoms with E-state index >= 15 is 0 Å². The van der Waals surface area contributed by atoms with Crippen LogP contribution in [0.5, 0.6) is 0 Å². The highest BCUT2D eigenvalue weighted by atomic mass is 19.1. The molecule has 5 nitrogen and oxygen atoms in total. The van der Waals surface area contributed by atoms with Gasteiger partial charge >= 0.3 is 0 Å². The third kappa shape index (κ3) is 4.90. The van der Waals surface area contributed by atoms with Crippen molar-refractivity contribution in [1.82, 2.24) is 4.90 Å². The maximum Gasteiger partial charge on any atom is 0.284 e. The molecular weight excluding hydrogens is 323 g/mol. The third-order valence-electron chi connectivity index (χ3n) is 3.90. The largest absolute Gasteiger partial charge is 0.455 e. The molecule has 1 aromatic carbocycles. The van der Waals surface area contributed by atoms with E-state index in [-0.39, 0.29) is 23.6 Å². The Labute approximate surface area is 147 Å². The SMILES string of the molecule is CC(C)(C)c1oc(C(N)=O)cc1CN(CCO)Cc1ccccc1F. The monoisotopic (exact) mass is 348 g/mol. The normalized spacial score (nSPS) is 11.9. The van der Waals surface area contributed by atoms with Crippen LogP contribution in [0.1, 0.15) is 48.2 Å². The summed E-state index contributed by atoms with van der Waals surface area (Å²) in [5.74, 6) is -0.140. The predicted molar refractivity (Wildman–Crippen MR) is 93.5 cm³/mol. The molecule has 0 unspecified atom stereocenters. The lowest BCUT2D eigenvalue weighted by Crippen LogP contribution is -2.27. The average Bonchev–Trinajstić information content (AvgIpc) is 2.94. The average molecular weight is 348 g/mol. The molecule has 25 heavy (non-hydrogen) atoms. The number of hydrogen-bond donors (Lipinski definition) is 2. The van der Waals surface area contributed by atoms with Crippen LogP contribution >= 0.6 is 0 Å². The minimum absolute atomic E-state index is 0.0557. The van der Waals surface area contributed by atoms with Gasteiger partial charge in [0.2, 0.25) is 0 Å². The Morgan fingerprint density at radius 1 is 1.24 bits per heavy atom. The summed E-state index contributed by atoms with van der Waals surface area (Å²) in [6, 6.07) is 8.18. The molecule has 0 saturated heterocycles. The second kappa shape index (κ2) is 7.80. The quantitative estimate of drug-likeness (QED) is 0.806. The number of carbonyl (C=O) groups is 1. The first-order chi connectivity index (χ1) is 11.7. The van der Waals surface area contributed by atoms with Gasteiger partial charge in [-0.1, -0.05) is 39.0 Å². The zero-order chi connectivity index (χ0) is 18.6. The fourth-order valence-corrected chi connectivity index (χ4v) is 2.77. The maximum absolute atomic E-state index is 13.9. The van der Waals surface area contributed by atoms with E-state index in [2.05, 4.69) is 0 Å². The zero-order valence-corrected chi connectivity index (χ0v) is 14.9. The molecule has 1 aromatic heterocycles. The molecule has 0 aliphatic carbocycles. The Kier molecular flexibility index (Phi) is 5.98. The molecule has 2 aromatic rings. The van der Waals surface area contributed by atoms with Crippen LogP contribution in [0, 0.1) is 5.82 Å². The fourth-order valence-electron chi connectivity index (χ4n) is 2.77. The second-order valence-electron chi connectivity index (χ2n) is 7.10. The molecule has 2 rings (SSSR count). The summed E-state index contributed by atoms with van der Waals surface area (Å²) in [6.45, 7) is 7.01. The van der Waals surface area contributed by atoms with E-state index in [1.54, 1.807) is 24.3 Å². The summed E-state index contributed by atoms with van der Waals surface area (Å²) in [6.07, 6.45) is 0. The number of nitrogens with zero attached hydrogens (tertiary/aromatic N) is 1. The lowest BCUT2D eigenvalue weighted by Gasteiger charge is -2.24. The van der Waals surface area contributed by atoms with Crippen molar-refractivity contribution in [1.29, 1.82) is 0 Å². The Balaban J connectivity index is 2.30. The van der Waals surface area contributed by atoms with Crippen LogP contribution in [0.15, 0.2) is 34.7 Å². The highest BCUT2D eigenvalue weighted by molar-refractivity contribution is 5.90. The Bertz CT molecular complexity index is 735. The number of rotatable bonds is 7. The molecule has 3 N–H and O–H groups in total. The first-order valence-electron chi connectivity index (χ1n) is 8.22. The van der Waals surface area contributed by atoms with Crippen molar-refractivity contribution in [3.05, 3.63) is 58.8 Å². The Morgan fingerprint density at radius 3 is 2.44 bits per heavy atom. The minimum atomic E-state index is -0.625. The molecular formula is C19H25FN2O3. The molecule has 0 spiro atoms. The van der Waals surface area contributed by atoms with E-state index in [4.69, 9.17) is 10.2 Å². The summed E-state index contributed by atoms with van der Waals surface area (Å²) < 4.78 is 19.6. The number of halogens is 1. The standard InChI is InChI=1S/C19H25FN2O3/c1-19(2,3)17-14(10-16(25-17)18(21)24)12-22(8-9-23)11-13-6-4-5-7-15(13)20/h4-7,10,23H,8-9,11-12H2,1-3H3,(H2,21,24). The van der Waals surface area contributed by atoms with E-state index in [0.717, 1.165) is 5.56 Å². The van der Waals surface area contributed by atoms with Crippen molar-refractivity contribution in [3.63, 3.8) is 0 Å². The molecule has 136 valence electrons. The van der Waals surface area contributed by atoms with Crippen LogP contribution < -0.4 is 5.73 Å². The number of aliphatic hydroxyl groups is 1. The molecule has 6 heteroatoms. The molecule has 0 aliphatic heterocycles. The van der Waals surface area contributed by atoms with E-state index in [0.29, 0.717) is 31.0 Å². The van der Waals surface area contributed by atoms with Crippen LogP contribution in [0.2, 0.25) is 0 Å². The van der Waals surface area contributed by atoms with Gasteiger partial charge in [-0.25, -0.2) is 4.39 Å². The molecule has 0 radical (unpaired) electrons. The zero-order valence-electron chi connectivity index (χ0n) is 14.9. The van der Waals surface area contributed by atoms with E-state index in [1.807, 2.05) is 25.7 Å². The first kappa shape index (κ1) is 19.1. The molecule has 1 heterocycles. The van der Waals surface area contributed by atoms with Gasteiger partial charge in [-0.15, -0.1) is 0 Å². The van der Waals surface area contributed by atoms with Crippen LogP contribution in [0.25, 0.3) is 0 Å². The van der Waals surface area contributed by atoms with E-state index in [9.17, 15) is 14.3 Å². The van der Waals surface area contributed by atoms with Crippen LogP contribution in [0.4, 0.5) is 4.39 Å². The predicted octanol–water partition coefficient (Wildman–Crippen LogP) is 2.81. The van der Waals surface area contributed by atoms with Gasteiger partial charge in [-0.05, 0) is 12.1 Å². The molecule has 0 aliphatic rings. The summed E-state index contributed by atoms with van der Waals surface area (Å²) in [5.41, 5.74) is 6.38. The van der Waals surface area contributed by atoms with Gasteiger partial charge in [0.15, 0.2) is 5.76 Å². The summed E-state index contributed by atoms with van der Waals surface area (Å²) in [7, 11) is 0. The molecule has 0 bridgehead atoms. The van der Waals surface area contributed by atoms with Gasteiger partial charge in [-0.2, -0.15) is 0 Å². The fraction of sp³-hybridized carbons (Fsp3) is 0.421. The molecule has 0 saturated carbocycles. The Morgan fingerprint density at radius 2 is 1.88 bits per heavy atom. The number of aliphatic hydroxyl groups excluding tert-OH is 1. The van der Waals surface area contributed by atoms with Gasteiger partial charge in [0.1, 0.15) is 11.6 Å². The van der Waals surface area contributed by atoms with Crippen molar-refractivity contribution < 1.29 is 18.7 Å². The number of furan rings is 1. The second-order valence-corrected chi connectivity index (χ2v) is 7.10. The van der Waals surface area contributed by atoms with Crippen molar-refractivity contribution in [2.75, 3.05) is 13.2 Å². The summed E-state index contributed by atoms with van der Waals surface area (Å²) in [5, 5.41) is 9.35. The highest BCUT2D eigenvalue weighted by Gasteiger charge is 2.26. The van der Waals surface area contributed by atoms with Gasteiger partial charge < -0.3 is 15.3 Å². The van der Waals surface area contributed by atoms with Crippen molar-refractivity contribution >= 4 is 5.91 Å². The van der Waals surface area contributed by atoms with Crippen molar-refractivity contribution in [2.24, 2.45) is 5.73 Å². The lowest BCUT2D eigenvalue weighted by molar-refractivity contribution is 0.0970. The molecule has 1 amide bonds. The van der Waals surface area contributed by atoms with Crippen molar-refractivity contribution in [2.45, 2.75) is 39.3 Å². The van der Waals surface area contributed by atoms with Gasteiger partial charge in [0.25, 0.3) is 5.91 Å². The van der Waals surface area contributed by atoms with E-state index < -0.39 is 5.91 Å². The minimum Gasteiger partial charge on any atom is -0.455 e.